The molecule has 2 aromatic rings. The van der Waals surface area contributed by atoms with Gasteiger partial charge in [0.15, 0.2) is 0 Å². The Hall–Kier alpha value is -1.78. The summed E-state index contributed by atoms with van der Waals surface area (Å²) >= 11 is 0. The number of nitrogens with one attached hydrogen (secondary N) is 1. The molecule has 0 unspecified atom stereocenters. The number of hydroxylamine groups is 1. The van der Waals surface area contributed by atoms with E-state index in [-0.39, 0.29) is 17.7 Å². The molecule has 98 valence electrons. The van der Waals surface area contributed by atoms with Gasteiger partial charge in [0, 0.05) is 0 Å². The lowest BCUT2D eigenvalue weighted by Gasteiger charge is -2.11. The van der Waals surface area contributed by atoms with E-state index in [1.807, 2.05) is 6.07 Å². The summed E-state index contributed by atoms with van der Waals surface area (Å²) in [6.07, 6.45) is 0.798. The minimum Gasteiger partial charge on any atom is -0.301 e. The standard InChI is InChI=1S/C15H13F2NO/c16-13-3-1-2-10(7-13)11-6-12(9-14(17)8-11)15-4-5-19-18-15/h1-3,6-9,15,18H,4-5H2/t15-/m1/s1. The van der Waals surface area contributed by atoms with Gasteiger partial charge in [0.05, 0.1) is 12.6 Å². The zero-order chi connectivity index (χ0) is 13.2. The lowest BCUT2D eigenvalue weighted by Crippen LogP contribution is -2.11. The largest absolute Gasteiger partial charge is 0.301 e. The molecule has 0 saturated carbocycles. The maximum Gasteiger partial charge on any atom is 0.124 e. The highest BCUT2D eigenvalue weighted by atomic mass is 19.1. The molecule has 0 aliphatic carbocycles. The highest BCUT2D eigenvalue weighted by Crippen LogP contribution is 2.28. The summed E-state index contributed by atoms with van der Waals surface area (Å²) in [5.41, 5.74) is 5.00. The van der Waals surface area contributed by atoms with Crippen LogP contribution in [0.3, 0.4) is 0 Å². The van der Waals surface area contributed by atoms with Gasteiger partial charge >= 0.3 is 0 Å². The Labute approximate surface area is 110 Å². The minimum absolute atomic E-state index is 0.0111. The van der Waals surface area contributed by atoms with E-state index in [0.717, 1.165) is 12.0 Å². The number of hydrogen-bond acceptors (Lipinski definition) is 2. The van der Waals surface area contributed by atoms with Crippen LogP contribution in [0.25, 0.3) is 11.1 Å². The van der Waals surface area contributed by atoms with Crippen molar-refractivity contribution in [1.82, 2.24) is 5.48 Å². The molecule has 1 N–H and O–H groups in total. The first-order valence-corrected chi connectivity index (χ1v) is 6.16. The quantitative estimate of drug-likeness (QED) is 0.891. The van der Waals surface area contributed by atoms with E-state index in [4.69, 9.17) is 4.84 Å². The van der Waals surface area contributed by atoms with Crippen molar-refractivity contribution in [2.45, 2.75) is 12.5 Å². The molecule has 1 saturated heterocycles. The van der Waals surface area contributed by atoms with Crippen LogP contribution in [-0.2, 0) is 4.84 Å². The third-order valence-corrected chi connectivity index (χ3v) is 3.21. The molecule has 4 heteroatoms. The molecule has 2 nitrogen and oxygen atoms in total. The molecule has 2 aromatic carbocycles. The first-order valence-electron chi connectivity index (χ1n) is 6.16. The topological polar surface area (TPSA) is 21.3 Å². The summed E-state index contributed by atoms with van der Waals surface area (Å²) in [6, 6.07) is 10.9. The lowest BCUT2D eigenvalue weighted by atomic mass is 9.98. The van der Waals surface area contributed by atoms with Gasteiger partial charge in [-0.25, -0.2) is 8.78 Å². The van der Waals surface area contributed by atoms with E-state index in [1.54, 1.807) is 12.1 Å². The second-order valence-corrected chi connectivity index (χ2v) is 4.59. The summed E-state index contributed by atoms with van der Waals surface area (Å²) in [5, 5.41) is 0. The van der Waals surface area contributed by atoms with Crippen molar-refractivity contribution in [3.8, 4) is 11.1 Å². The maximum absolute atomic E-state index is 13.7. The Morgan fingerprint density at radius 2 is 1.84 bits per heavy atom. The van der Waals surface area contributed by atoms with Crippen molar-refractivity contribution in [2.24, 2.45) is 0 Å². The maximum atomic E-state index is 13.7. The van der Waals surface area contributed by atoms with E-state index in [9.17, 15) is 8.78 Å². The highest BCUT2D eigenvalue weighted by molar-refractivity contribution is 5.64. The molecular formula is C15H13F2NO. The van der Waals surface area contributed by atoms with E-state index in [0.29, 0.717) is 17.7 Å². The van der Waals surface area contributed by atoms with E-state index in [1.165, 1.54) is 24.3 Å². The predicted molar refractivity (Wildman–Crippen MR) is 68.2 cm³/mol. The Bertz CT molecular complexity index is 594. The van der Waals surface area contributed by atoms with Crippen LogP contribution in [0.2, 0.25) is 0 Å². The minimum atomic E-state index is -0.328. The zero-order valence-electron chi connectivity index (χ0n) is 10.2. The van der Waals surface area contributed by atoms with Gasteiger partial charge in [0.25, 0.3) is 0 Å². The Balaban J connectivity index is 2.01. The van der Waals surface area contributed by atoms with E-state index >= 15 is 0 Å². The predicted octanol–water partition coefficient (Wildman–Crippen LogP) is 3.60. The third-order valence-electron chi connectivity index (χ3n) is 3.21. The molecule has 0 spiro atoms. The van der Waals surface area contributed by atoms with Crippen LogP contribution >= 0.6 is 0 Å². The van der Waals surface area contributed by atoms with Gasteiger partial charge < -0.3 is 4.84 Å². The van der Waals surface area contributed by atoms with Gasteiger partial charge in [-0.1, -0.05) is 12.1 Å². The molecule has 1 aliphatic rings. The number of halogens is 2. The third kappa shape index (κ3) is 2.64. The van der Waals surface area contributed by atoms with E-state index in [2.05, 4.69) is 5.48 Å². The van der Waals surface area contributed by atoms with Crippen LogP contribution in [0.15, 0.2) is 42.5 Å². The molecule has 1 aliphatic heterocycles. The number of rotatable bonds is 2. The molecule has 19 heavy (non-hydrogen) atoms. The van der Waals surface area contributed by atoms with Crippen LogP contribution in [0, 0.1) is 11.6 Å². The van der Waals surface area contributed by atoms with Crippen LogP contribution < -0.4 is 5.48 Å². The van der Waals surface area contributed by atoms with Crippen molar-refractivity contribution < 1.29 is 13.6 Å². The Kier molecular flexibility index (Phi) is 3.27. The Morgan fingerprint density at radius 1 is 1.00 bits per heavy atom. The Morgan fingerprint density at radius 3 is 2.58 bits per heavy atom. The summed E-state index contributed by atoms with van der Waals surface area (Å²) in [5.74, 6) is -0.656. The molecule has 1 heterocycles. The summed E-state index contributed by atoms with van der Waals surface area (Å²) in [7, 11) is 0. The van der Waals surface area contributed by atoms with Gasteiger partial charge in [0.2, 0.25) is 0 Å². The van der Waals surface area contributed by atoms with Crippen molar-refractivity contribution in [3.05, 3.63) is 59.7 Å². The normalized spacial score (nSPS) is 18.7. The van der Waals surface area contributed by atoms with Crippen LogP contribution in [0.4, 0.5) is 8.78 Å². The molecule has 1 atom stereocenters. The summed E-state index contributed by atoms with van der Waals surface area (Å²) in [6.45, 7) is 0.608. The molecular weight excluding hydrogens is 248 g/mol. The fourth-order valence-electron chi connectivity index (χ4n) is 2.28. The first kappa shape index (κ1) is 12.3. The first-order chi connectivity index (χ1) is 9.22. The summed E-state index contributed by atoms with van der Waals surface area (Å²) in [4.78, 5) is 5.08. The smallest absolute Gasteiger partial charge is 0.124 e. The lowest BCUT2D eigenvalue weighted by molar-refractivity contribution is 0.0882. The van der Waals surface area contributed by atoms with Gasteiger partial charge in [0.1, 0.15) is 11.6 Å². The highest BCUT2D eigenvalue weighted by Gasteiger charge is 2.18. The van der Waals surface area contributed by atoms with Crippen molar-refractivity contribution in [1.29, 1.82) is 0 Å². The van der Waals surface area contributed by atoms with Crippen LogP contribution in [-0.4, -0.2) is 6.61 Å². The fourth-order valence-corrected chi connectivity index (χ4v) is 2.28. The van der Waals surface area contributed by atoms with Gasteiger partial charge in [-0.3, -0.25) is 0 Å². The van der Waals surface area contributed by atoms with E-state index < -0.39 is 0 Å². The second-order valence-electron chi connectivity index (χ2n) is 4.59. The van der Waals surface area contributed by atoms with Crippen molar-refractivity contribution in [2.75, 3.05) is 6.61 Å². The van der Waals surface area contributed by atoms with Crippen LogP contribution in [0.1, 0.15) is 18.0 Å². The molecule has 0 amide bonds. The second kappa shape index (κ2) is 5.07. The molecule has 0 radical (unpaired) electrons. The molecule has 1 fully saturated rings. The SMILES string of the molecule is Fc1cccc(-c2cc(F)cc([C@H]3CCON3)c2)c1. The van der Waals surface area contributed by atoms with Crippen LogP contribution in [0.5, 0.6) is 0 Å². The monoisotopic (exact) mass is 261 g/mol. The van der Waals surface area contributed by atoms with Gasteiger partial charge in [-0.15, -0.1) is 0 Å². The van der Waals surface area contributed by atoms with Gasteiger partial charge in [-0.2, -0.15) is 5.48 Å². The summed E-state index contributed by atoms with van der Waals surface area (Å²) < 4.78 is 26.9. The van der Waals surface area contributed by atoms with Crippen molar-refractivity contribution in [3.63, 3.8) is 0 Å². The average Bonchev–Trinajstić information content (AvgIpc) is 2.92. The average molecular weight is 261 g/mol. The molecule has 0 aromatic heterocycles. The number of benzene rings is 2. The molecule has 0 bridgehead atoms. The van der Waals surface area contributed by atoms with Crippen molar-refractivity contribution >= 4 is 0 Å². The number of hydrogen-bond donors (Lipinski definition) is 1. The fraction of sp³-hybridized carbons (Fsp3) is 0.200. The molecule has 3 rings (SSSR count). The van der Waals surface area contributed by atoms with Gasteiger partial charge in [-0.05, 0) is 53.4 Å². The zero-order valence-corrected chi connectivity index (χ0v) is 10.2.